The third-order valence-electron chi connectivity index (χ3n) is 3.19. The molecule has 1 unspecified atom stereocenters. The second-order valence-electron chi connectivity index (χ2n) is 4.04. The normalized spacial score (nSPS) is 41.8. The number of aliphatic hydroxyl groups excluding tert-OH is 1. The Balaban J connectivity index is 2.27. The highest BCUT2D eigenvalue weighted by atomic mass is 16.6. The van der Waals surface area contributed by atoms with Crippen molar-refractivity contribution in [1.82, 2.24) is 0 Å². The van der Waals surface area contributed by atoms with E-state index >= 15 is 0 Å². The SMILES string of the molecule is CC1=C2[C@H](O)OCC(C)[C@@H]2CC1. The maximum atomic E-state index is 9.59. The van der Waals surface area contributed by atoms with E-state index in [-0.39, 0.29) is 0 Å². The van der Waals surface area contributed by atoms with Gasteiger partial charge in [-0.15, -0.1) is 0 Å². The van der Waals surface area contributed by atoms with Crippen molar-refractivity contribution in [3.63, 3.8) is 0 Å². The summed E-state index contributed by atoms with van der Waals surface area (Å²) in [4.78, 5) is 0. The molecule has 0 aromatic carbocycles. The first-order valence-electron chi connectivity index (χ1n) is 4.69. The van der Waals surface area contributed by atoms with Crippen LogP contribution < -0.4 is 0 Å². The van der Waals surface area contributed by atoms with Gasteiger partial charge in [0.05, 0.1) is 6.61 Å². The van der Waals surface area contributed by atoms with E-state index in [1.165, 1.54) is 17.6 Å². The smallest absolute Gasteiger partial charge is 0.177 e. The van der Waals surface area contributed by atoms with Gasteiger partial charge in [0.15, 0.2) is 6.29 Å². The van der Waals surface area contributed by atoms with E-state index in [1.54, 1.807) is 0 Å². The number of aliphatic hydroxyl groups is 1. The molecule has 0 bridgehead atoms. The average Bonchev–Trinajstić information content (AvgIpc) is 2.42. The Morgan fingerprint density at radius 1 is 1.50 bits per heavy atom. The van der Waals surface area contributed by atoms with Crippen LogP contribution in [0, 0.1) is 11.8 Å². The molecule has 0 aromatic heterocycles. The second kappa shape index (κ2) is 2.86. The van der Waals surface area contributed by atoms with E-state index in [0.29, 0.717) is 18.4 Å². The molecule has 12 heavy (non-hydrogen) atoms. The number of fused-ring (bicyclic) bond motifs is 1. The number of rotatable bonds is 0. The summed E-state index contributed by atoms with van der Waals surface area (Å²) in [5.74, 6) is 1.18. The Morgan fingerprint density at radius 3 is 2.92 bits per heavy atom. The van der Waals surface area contributed by atoms with E-state index in [4.69, 9.17) is 4.74 Å². The Kier molecular flexibility index (Phi) is 1.97. The first kappa shape index (κ1) is 8.27. The molecule has 0 radical (unpaired) electrons. The Morgan fingerprint density at radius 2 is 2.25 bits per heavy atom. The Bertz CT molecular complexity index is 220. The minimum absolute atomic E-state index is 0.584. The monoisotopic (exact) mass is 168 g/mol. The van der Waals surface area contributed by atoms with Gasteiger partial charge in [0, 0.05) is 0 Å². The summed E-state index contributed by atoms with van der Waals surface area (Å²) in [6.45, 7) is 5.03. The largest absolute Gasteiger partial charge is 0.364 e. The molecule has 1 fully saturated rings. The lowest BCUT2D eigenvalue weighted by Crippen LogP contribution is -2.33. The van der Waals surface area contributed by atoms with Gasteiger partial charge >= 0.3 is 0 Å². The lowest BCUT2D eigenvalue weighted by Gasteiger charge is -2.32. The topological polar surface area (TPSA) is 29.5 Å². The molecule has 0 aromatic rings. The molecule has 0 saturated carbocycles. The highest BCUT2D eigenvalue weighted by molar-refractivity contribution is 5.25. The number of hydrogen-bond acceptors (Lipinski definition) is 2. The van der Waals surface area contributed by atoms with Crippen molar-refractivity contribution < 1.29 is 9.84 Å². The molecule has 1 saturated heterocycles. The van der Waals surface area contributed by atoms with Gasteiger partial charge in [0.25, 0.3) is 0 Å². The van der Waals surface area contributed by atoms with Crippen molar-refractivity contribution in [2.75, 3.05) is 6.61 Å². The van der Waals surface area contributed by atoms with Crippen LogP contribution in [0.1, 0.15) is 26.7 Å². The van der Waals surface area contributed by atoms with Crippen molar-refractivity contribution in [2.24, 2.45) is 11.8 Å². The summed E-state index contributed by atoms with van der Waals surface area (Å²) in [5, 5.41) is 9.59. The van der Waals surface area contributed by atoms with Gasteiger partial charge in [-0.2, -0.15) is 0 Å². The molecule has 1 heterocycles. The molecule has 2 rings (SSSR count). The Labute approximate surface area is 73.2 Å². The molecular weight excluding hydrogens is 152 g/mol. The zero-order chi connectivity index (χ0) is 8.72. The van der Waals surface area contributed by atoms with E-state index in [9.17, 15) is 5.11 Å². The van der Waals surface area contributed by atoms with Gasteiger partial charge in [-0.05, 0) is 37.2 Å². The lowest BCUT2D eigenvalue weighted by molar-refractivity contribution is -0.115. The predicted octanol–water partition coefficient (Wildman–Crippen LogP) is 1.70. The van der Waals surface area contributed by atoms with Gasteiger partial charge < -0.3 is 9.84 Å². The minimum Gasteiger partial charge on any atom is -0.364 e. The fourth-order valence-electron chi connectivity index (χ4n) is 2.42. The maximum Gasteiger partial charge on any atom is 0.177 e. The molecular formula is C10H16O2. The zero-order valence-corrected chi connectivity index (χ0v) is 7.71. The second-order valence-corrected chi connectivity index (χ2v) is 4.04. The van der Waals surface area contributed by atoms with Gasteiger partial charge in [0.2, 0.25) is 0 Å². The number of allylic oxidation sites excluding steroid dienone is 1. The zero-order valence-electron chi connectivity index (χ0n) is 7.71. The minimum atomic E-state index is -0.603. The maximum absolute atomic E-state index is 9.59. The summed E-state index contributed by atoms with van der Waals surface area (Å²) in [7, 11) is 0. The van der Waals surface area contributed by atoms with E-state index in [2.05, 4.69) is 13.8 Å². The molecule has 1 aliphatic carbocycles. The quantitative estimate of drug-likeness (QED) is 0.558. The number of ether oxygens (including phenoxy) is 1. The van der Waals surface area contributed by atoms with Gasteiger partial charge in [-0.1, -0.05) is 12.5 Å². The van der Waals surface area contributed by atoms with E-state index in [0.717, 1.165) is 6.42 Å². The fraction of sp³-hybridized carbons (Fsp3) is 0.800. The van der Waals surface area contributed by atoms with E-state index in [1.807, 2.05) is 0 Å². The summed E-state index contributed by atoms with van der Waals surface area (Å²) in [5.41, 5.74) is 2.52. The van der Waals surface area contributed by atoms with Crippen molar-refractivity contribution in [2.45, 2.75) is 33.0 Å². The van der Waals surface area contributed by atoms with Crippen molar-refractivity contribution in [3.8, 4) is 0 Å². The van der Waals surface area contributed by atoms with Crippen molar-refractivity contribution >= 4 is 0 Å². The van der Waals surface area contributed by atoms with Crippen LogP contribution in [0.5, 0.6) is 0 Å². The average molecular weight is 168 g/mol. The molecule has 1 N–H and O–H groups in total. The molecule has 1 aliphatic heterocycles. The van der Waals surface area contributed by atoms with E-state index < -0.39 is 6.29 Å². The van der Waals surface area contributed by atoms with Gasteiger partial charge in [-0.3, -0.25) is 0 Å². The van der Waals surface area contributed by atoms with Crippen molar-refractivity contribution in [3.05, 3.63) is 11.1 Å². The fourth-order valence-corrected chi connectivity index (χ4v) is 2.42. The van der Waals surface area contributed by atoms with Crippen LogP contribution in [0.25, 0.3) is 0 Å². The summed E-state index contributed by atoms with van der Waals surface area (Å²) < 4.78 is 5.27. The van der Waals surface area contributed by atoms with Crippen LogP contribution in [0.4, 0.5) is 0 Å². The molecule has 2 heteroatoms. The summed E-state index contributed by atoms with van der Waals surface area (Å²) >= 11 is 0. The van der Waals surface area contributed by atoms with Crippen LogP contribution in [-0.4, -0.2) is 18.0 Å². The first-order chi connectivity index (χ1) is 5.70. The van der Waals surface area contributed by atoms with Crippen LogP contribution >= 0.6 is 0 Å². The molecule has 68 valence electrons. The molecule has 2 aliphatic rings. The highest BCUT2D eigenvalue weighted by Crippen LogP contribution is 2.41. The highest BCUT2D eigenvalue weighted by Gasteiger charge is 2.36. The van der Waals surface area contributed by atoms with Crippen LogP contribution in [0.2, 0.25) is 0 Å². The molecule has 0 spiro atoms. The van der Waals surface area contributed by atoms with Crippen molar-refractivity contribution in [1.29, 1.82) is 0 Å². The van der Waals surface area contributed by atoms with Gasteiger partial charge in [0.1, 0.15) is 0 Å². The third-order valence-corrected chi connectivity index (χ3v) is 3.19. The first-order valence-corrected chi connectivity index (χ1v) is 4.69. The summed E-state index contributed by atoms with van der Waals surface area (Å²) in [6.07, 6.45) is 1.75. The number of hydrogen-bond donors (Lipinski definition) is 1. The van der Waals surface area contributed by atoms with Crippen LogP contribution in [-0.2, 0) is 4.74 Å². The molecule has 3 atom stereocenters. The summed E-state index contributed by atoms with van der Waals surface area (Å²) in [6, 6.07) is 0. The third kappa shape index (κ3) is 1.10. The van der Waals surface area contributed by atoms with Crippen LogP contribution in [0.15, 0.2) is 11.1 Å². The molecule has 0 amide bonds. The standard InChI is InChI=1S/C10H16O2/c1-6-3-4-8-7(2)5-12-10(11)9(6)8/h7-8,10-11H,3-5H2,1-2H3/t7?,8-,10+/m0/s1. The predicted molar refractivity (Wildman–Crippen MR) is 46.5 cm³/mol. The van der Waals surface area contributed by atoms with Gasteiger partial charge in [-0.25, -0.2) is 0 Å². The molecule has 2 nitrogen and oxygen atoms in total. The van der Waals surface area contributed by atoms with Crippen LogP contribution in [0.3, 0.4) is 0 Å². The Hall–Kier alpha value is -0.340. The lowest BCUT2D eigenvalue weighted by atomic mass is 9.86.